The molecule has 2 aromatic heterocycles. The summed E-state index contributed by atoms with van der Waals surface area (Å²) in [5, 5.41) is 9.04. The molecule has 0 fully saturated rings. The summed E-state index contributed by atoms with van der Waals surface area (Å²) in [7, 11) is 1.62. The van der Waals surface area contributed by atoms with E-state index in [-0.39, 0.29) is 18.3 Å². The summed E-state index contributed by atoms with van der Waals surface area (Å²) in [5.74, 6) is 0.150. The van der Waals surface area contributed by atoms with Gasteiger partial charge in [0, 0.05) is 34.4 Å². The van der Waals surface area contributed by atoms with Gasteiger partial charge in [-0.05, 0) is 35.0 Å². The lowest BCUT2D eigenvalue weighted by molar-refractivity contribution is -0.128. The fourth-order valence-corrected chi connectivity index (χ4v) is 4.48. The van der Waals surface area contributed by atoms with Gasteiger partial charge in [-0.1, -0.05) is 0 Å². The van der Waals surface area contributed by atoms with E-state index in [0.717, 1.165) is 19.8 Å². The molecule has 0 saturated heterocycles. The molecule has 0 spiro atoms. The molecule has 2 N–H and O–H groups in total. The summed E-state index contributed by atoms with van der Waals surface area (Å²) in [6.45, 7) is 1.90. The fourth-order valence-electron chi connectivity index (χ4n) is 2.51. The van der Waals surface area contributed by atoms with Crippen molar-refractivity contribution in [3.8, 4) is 16.5 Å². The van der Waals surface area contributed by atoms with Crippen molar-refractivity contribution >= 4 is 39.1 Å². The van der Waals surface area contributed by atoms with Crippen LogP contribution in [0.4, 0.5) is 0 Å². The molecule has 0 aromatic carbocycles. The second-order valence-electron chi connectivity index (χ2n) is 5.74. The second kappa shape index (κ2) is 6.00. The molecule has 0 saturated carbocycles. The molecule has 2 aromatic rings. The predicted molar refractivity (Wildman–Crippen MR) is 96.3 cm³/mol. The van der Waals surface area contributed by atoms with Crippen LogP contribution < -0.4 is 5.73 Å². The van der Waals surface area contributed by atoms with Crippen LogP contribution in [0, 0.1) is 11.3 Å². The highest BCUT2D eigenvalue weighted by molar-refractivity contribution is 9.10. The first kappa shape index (κ1) is 16.6. The molecule has 0 aliphatic carbocycles. The molecule has 24 heavy (non-hydrogen) atoms. The van der Waals surface area contributed by atoms with Gasteiger partial charge in [-0.15, -0.1) is 11.3 Å². The van der Waals surface area contributed by atoms with E-state index in [0.29, 0.717) is 5.56 Å². The van der Waals surface area contributed by atoms with Crippen LogP contribution >= 0.6 is 27.3 Å². The van der Waals surface area contributed by atoms with Crippen LogP contribution in [0.15, 0.2) is 34.0 Å². The number of rotatable bonds is 2. The SMILES string of the molecule is CN1C(=O)CC(C)(c2cc(Br)c(-c3cncc(C#N)c3)s2)N=C1N. The number of thiophene rings is 1. The summed E-state index contributed by atoms with van der Waals surface area (Å²) in [6.07, 6.45) is 3.49. The molecule has 0 bridgehead atoms. The number of halogens is 1. The quantitative estimate of drug-likeness (QED) is 0.833. The number of hydrogen-bond acceptors (Lipinski definition) is 6. The highest BCUT2D eigenvalue weighted by atomic mass is 79.9. The maximum Gasteiger partial charge on any atom is 0.231 e. The molecule has 1 unspecified atom stereocenters. The fraction of sp³-hybridized carbons (Fsp3) is 0.250. The van der Waals surface area contributed by atoms with Crippen LogP contribution in [0.2, 0.25) is 0 Å². The maximum absolute atomic E-state index is 12.2. The maximum atomic E-state index is 12.2. The van der Waals surface area contributed by atoms with Crippen LogP contribution in [0.3, 0.4) is 0 Å². The van der Waals surface area contributed by atoms with Gasteiger partial charge in [-0.3, -0.25) is 14.7 Å². The van der Waals surface area contributed by atoms with Crippen LogP contribution in [-0.2, 0) is 10.3 Å². The minimum Gasteiger partial charge on any atom is -0.369 e. The summed E-state index contributed by atoms with van der Waals surface area (Å²) >= 11 is 5.07. The zero-order chi connectivity index (χ0) is 17.5. The van der Waals surface area contributed by atoms with Crippen LogP contribution in [0.25, 0.3) is 10.4 Å². The first-order valence-electron chi connectivity index (χ1n) is 7.11. The zero-order valence-electron chi connectivity index (χ0n) is 13.1. The third-order valence-electron chi connectivity index (χ3n) is 3.92. The molecule has 1 amide bonds. The van der Waals surface area contributed by atoms with E-state index in [2.05, 4.69) is 32.0 Å². The third kappa shape index (κ3) is 2.81. The molecule has 8 heteroatoms. The van der Waals surface area contributed by atoms with Gasteiger partial charge in [-0.2, -0.15) is 5.26 Å². The second-order valence-corrected chi connectivity index (χ2v) is 7.64. The number of aliphatic imine (C=N–C) groups is 1. The highest BCUT2D eigenvalue weighted by Crippen LogP contribution is 2.44. The van der Waals surface area contributed by atoms with Gasteiger partial charge in [0.05, 0.1) is 16.9 Å². The van der Waals surface area contributed by atoms with Gasteiger partial charge in [0.25, 0.3) is 0 Å². The Morgan fingerprint density at radius 1 is 1.46 bits per heavy atom. The standard InChI is InChI=1S/C16H14BrN5OS/c1-16(5-13(23)22(2)15(19)21-16)12-4-11(17)14(24-12)10-3-9(6-18)7-20-8-10/h3-4,7-8H,5H2,1-2H3,(H2,19,21). The van der Waals surface area contributed by atoms with Crippen LogP contribution in [-0.4, -0.2) is 28.8 Å². The Balaban J connectivity index is 2.06. The Bertz CT molecular complexity index is 900. The smallest absolute Gasteiger partial charge is 0.231 e. The minimum atomic E-state index is -0.695. The molecule has 0 radical (unpaired) electrons. The van der Waals surface area contributed by atoms with Gasteiger partial charge >= 0.3 is 0 Å². The minimum absolute atomic E-state index is 0.0655. The lowest BCUT2D eigenvalue weighted by atomic mass is 9.94. The first-order valence-corrected chi connectivity index (χ1v) is 8.72. The average molecular weight is 404 g/mol. The number of carbonyl (C=O) groups excluding carboxylic acids is 1. The lowest BCUT2D eigenvalue weighted by Gasteiger charge is -2.32. The highest BCUT2D eigenvalue weighted by Gasteiger charge is 2.37. The van der Waals surface area contributed by atoms with E-state index in [1.807, 2.05) is 13.0 Å². The van der Waals surface area contributed by atoms with Gasteiger partial charge in [-0.25, -0.2) is 4.99 Å². The number of guanidine groups is 1. The van der Waals surface area contributed by atoms with Crippen molar-refractivity contribution in [2.45, 2.75) is 18.9 Å². The summed E-state index contributed by atoms with van der Waals surface area (Å²) in [6, 6.07) is 5.83. The Labute approximate surface area is 151 Å². The number of hydrogen-bond donors (Lipinski definition) is 1. The topological polar surface area (TPSA) is 95.4 Å². The number of nitriles is 1. The van der Waals surface area contributed by atoms with Crippen molar-refractivity contribution < 1.29 is 4.79 Å². The third-order valence-corrected chi connectivity index (χ3v) is 6.25. The molecule has 3 rings (SSSR count). The van der Waals surface area contributed by atoms with Crippen molar-refractivity contribution in [1.82, 2.24) is 9.88 Å². The Hall–Kier alpha value is -2.24. The van der Waals surface area contributed by atoms with Crippen LogP contribution in [0.1, 0.15) is 23.8 Å². The Kier molecular flexibility index (Phi) is 4.15. The molecule has 1 aliphatic rings. The largest absolute Gasteiger partial charge is 0.369 e. The number of pyridine rings is 1. The Morgan fingerprint density at radius 2 is 2.21 bits per heavy atom. The molecular formula is C16H14BrN5OS. The van der Waals surface area contributed by atoms with Crippen molar-refractivity contribution in [2.24, 2.45) is 10.7 Å². The number of nitrogens with zero attached hydrogens (tertiary/aromatic N) is 4. The van der Waals surface area contributed by atoms with E-state index in [4.69, 9.17) is 11.0 Å². The monoisotopic (exact) mass is 403 g/mol. The molecular weight excluding hydrogens is 390 g/mol. The first-order chi connectivity index (χ1) is 11.3. The van der Waals surface area contributed by atoms with Gasteiger partial charge < -0.3 is 5.73 Å². The molecule has 122 valence electrons. The summed E-state index contributed by atoms with van der Waals surface area (Å²) in [5.41, 5.74) is 6.52. The predicted octanol–water partition coefficient (Wildman–Crippen LogP) is 2.84. The number of amides is 1. The molecule has 1 atom stereocenters. The number of nitrogens with two attached hydrogens (primary N) is 1. The van der Waals surface area contributed by atoms with Crippen molar-refractivity contribution in [1.29, 1.82) is 5.26 Å². The van der Waals surface area contributed by atoms with E-state index in [1.165, 1.54) is 22.4 Å². The zero-order valence-corrected chi connectivity index (χ0v) is 15.5. The normalized spacial score (nSPS) is 20.7. The van der Waals surface area contributed by atoms with Crippen LogP contribution in [0.5, 0.6) is 0 Å². The molecule has 1 aliphatic heterocycles. The van der Waals surface area contributed by atoms with E-state index >= 15 is 0 Å². The van der Waals surface area contributed by atoms with Gasteiger partial charge in [0.2, 0.25) is 5.91 Å². The van der Waals surface area contributed by atoms with Crippen molar-refractivity contribution in [3.05, 3.63) is 39.4 Å². The average Bonchev–Trinajstić information content (AvgIpc) is 2.95. The van der Waals surface area contributed by atoms with Crippen molar-refractivity contribution in [2.75, 3.05) is 7.05 Å². The van der Waals surface area contributed by atoms with E-state index in [9.17, 15) is 4.79 Å². The van der Waals surface area contributed by atoms with E-state index < -0.39 is 5.54 Å². The van der Waals surface area contributed by atoms with Crippen molar-refractivity contribution in [3.63, 3.8) is 0 Å². The number of carbonyl (C=O) groups is 1. The summed E-state index contributed by atoms with van der Waals surface area (Å²) < 4.78 is 0.876. The van der Waals surface area contributed by atoms with Gasteiger partial charge in [0.15, 0.2) is 5.96 Å². The van der Waals surface area contributed by atoms with Gasteiger partial charge in [0.1, 0.15) is 11.6 Å². The Morgan fingerprint density at radius 3 is 2.88 bits per heavy atom. The molecule has 3 heterocycles. The molecule has 6 nitrogen and oxygen atoms in total. The van der Waals surface area contributed by atoms with E-state index in [1.54, 1.807) is 19.3 Å². The lowest BCUT2D eigenvalue weighted by Crippen LogP contribution is -2.47. The number of aromatic nitrogens is 1. The summed E-state index contributed by atoms with van der Waals surface area (Å²) in [4.78, 5) is 24.0.